The van der Waals surface area contributed by atoms with Crippen LogP contribution in [0.1, 0.15) is 12.0 Å². The van der Waals surface area contributed by atoms with Crippen molar-refractivity contribution < 1.29 is 23.1 Å². The van der Waals surface area contributed by atoms with E-state index in [1.54, 1.807) is 25.1 Å². The van der Waals surface area contributed by atoms with Crippen LogP contribution in [0.15, 0.2) is 35.4 Å². The van der Waals surface area contributed by atoms with E-state index in [2.05, 4.69) is 4.98 Å². The molecule has 1 heterocycles. The Hall–Kier alpha value is -2.52. The predicted molar refractivity (Wildman–Crippen MR) is 82.0 cm³/mol. The predicted octanol–water partition coefficient (Wildman–Crippen LogP) is 0.150. The number of carbonyl (C=O) groups excluding carboxylic acids is 1. The maximum Gasteiger partial charge on any atom is 0.322 e. The van der Waals surface area contributed by atoms with Gasteiger partial charge in [-0.05, 0) is 30.7 Å². The molecule has 0 spiro atoms. The topological polar surface area (TPSA) is 139 Å². The monoisotopic (exact) mass is 337 g/mol. The van der Waals surface area contributed by atoms with Crippen LogP contribution in [0.25, 0.3) is 10.9 Å². The van der Waals surface area contributed by atoms with Crippen LogP contribution < -0.4 is 10.5 Å². The SMILES string of the molecule is Cc1cc(S(=O)(=O)N[C@H](CC(N)=O)C(=O)O)c2ncccc2c1. The van der Waals surface area contributed by atoms with Crippen molar-refractivity contribution in [3.63, 3.8) is 0 Å². The average molecular weight is 337 g/mol. The summed E-state index contributed by atoms with van der Waals surface area (Å²) in [7, 11) is -4.20. The van der Waals surface area contributed by atoms with Crippen molar-refractivity contribution in [3.8, 4) is 0 Å². The number of nitrogens with two attached hydrogens (primary N) is 1. The van der Waals surface area contributed by atoms with Crippen LogP contribution in [0, 0.1) is 6.92 Å². The van der Waals surface area contributed by atoms with Gasteiger partial charge in [0.25, 0.3) is 0 Å². The molecule has 0 aliphatic rings. The van der Waals surface area contributed by atoms with E-state index in [0.717, 1.165) is 0 Å². The first-order valence-corrected chi connectivity index (χ1v) is 8.08. The van der Waals surface area contributed by atoms with E-state index in [0.29, 0.717) is 10.9 Å². The second-order valence-corrected chi connectivity index (χ2v) is 6.70. The van der Waals surface area contributed by atoms with Crippen molar-refractivity contribution in [2.75, 3.05) is 0 Å². The van der Waals surface area contributed by atoms with Gasteiger partial charge in [0, 0.05) is 11.6 Å². The van der Waals surface area contributed by atoms with Gasteiger partial charge in [-0.15, -0.1) is 0 Å². The van der Waals surface area contributed by atoms with Gasteiger partial charge < -0.3 is 10.8 Å². The Balaban J connectivity index is 2.51. The third-order valence-electron chi connectivity index (χ3n) is 3.10. The van der Waals surface area contributed by atoms with E-state index in [-0.39, 0.29) is 10.4 Å². The standard InChI is InChI=1S/C14H15N3O5S/c1-8-5-9-3-2-4-16-13(9)11(6-8)23(21,22)17-10(14(19)20)7-12(15)18/h2-6,10,17H,7H2,1H3,(H2,15,18)(H,19,20)/t10-/m1/s1. The quantitative estimate of drug-likeness (QED) is 0.685. The molecular formula is C14H15N3O5S. The zero-order valence-electron chi connectivity index (χ0n) is 12.2. The lowest BCUT2D eigenvalue weighted by Gasteiger charge is -2.14. The summed E-state index contributed by atoms with van der Waals surface area (Å²) in [6.45, 7) is 1.71. The summed E-state index contributed by atoms with van der Waals surface area (Å²) in [5.74, 6) is -2.41. The van der Waals surface area contributed by atoms with Crippen molar-refractivity contribution in [2.24, 2.45) is 5.73 Å². The number of nitrogens with one attached hydrogen (secondary N) is 1. The summed E-state index contributed by atoms with van der Waals surface area (Å²) >= 11 is 0. The average Bonchev–Trinajstić information content (AvgIpc) is 2.44. The molecule has 4 N–H and O–H groups in total. The lowest BCUT2D eigenvalue weighted by Crippen LogP contribution is -2.43. The van der Waals surface area contributed by atoms with Gasteiger partial charge in [-0.25, -0.2) is 8.42 Å². The molecule has 0 bridgehead atoms. The number of benzene rings is 1. The molecular weight excluding hydrogens is 322 g/mol. The van der Waals surface area contributed by atoms with Gasteiger partial charge in [-0.3, -0.25) is 14.6 Å². The Kier molecular flexibility index (Phi) is 4.62. The van der Waals surface area contributed by atoms with Crippen LogP contribution in [0.4, 0.5) is 0 Å². The Morgan fingerprint density at radius 1 is 1.39 bits per heavy atom. The van der Waals surface area contributed by atoms with Crippen molar-refractivity contribution in [3.05, 3.63) is 36.0 Å². The van der Waals surface area contributed by atoms with E-state index in [1.165, 1.54) is 12.3 Å². The first kappa shape index (κ1) is 16.8. The largest absolute Gasteiger partial charge is 0.480 e. The number of carboxylic acid groups (broad SMARTS) is 1. The number of carbonyl (C=O) groups is 2. The Labute approximate surface area is 132 Å². The van der Waals surface area contributed by atoms with Gasteiger partial charge in [0.2, 0.25) is 15.9 Å². The number of pyridine rings is 1. The molecule has 0 fully saturated rings. The molecule has 0 aliphatic carbocycles. The van der Waals surface area contributed by atoms with Crippen molar-refractivity contribution in [2.45, 2.75) is 24.3 Å². The molecule has 1 aromatic carbocycles. The zero-order valence-corrected chi connectivity index (χ0v) is 13.0. The summed E-state index contributed by atoms with van der Waals surface area (Å²) in [6.07, 6.45) is 0.792. The molecule has 23 heavy (non-hydrogen) atoms. The number of rotatable bonds is 6. The van der Waals surface area contributed by atoms with Crippen LogP contribution in [0.3, 0.4) is 0 Å². The van der Waals surface area contributed by atoms with Crippen LogP contribution in [-0.4, -0.2) is 36.4 Å². The second-order valence-electron chi connectivity index (χ2n) is 5.02. The number of carboxylic acids is 1. The molecule has 1 atom stereocenters. The number of hydrogen-bond donors (Lipinski definition) is 3. The molecule has 0 aliphatic heterocycles. The van der Waals surface area contributed by atoms with Crippen molar-refractivity contribution in [1.82, 2.24) is 9.71 Å². The van der Waals surface area contributed by atoms with E-state index in [4.69, 9.17) is 10.8 Å². The molecule has 2 rings (SSSR count). The van der Waals surface area contributed by atoms with E-state index >= 15 is 0 Å². The van der Waals surface area contributed by atoms with Gasteiger partial charge in [-0.1, -0.05) is 6.07 Å². The van der Waals surface area contributed by atoms with Crippen LogP contribution in [0.2, 0.25) is 0 Å². The highest BCUT2D eigenvalue weighted by molar-refractivity contribution is 7.89. The number of sulfonamides is 1. The van der Waals surface area contributed by atoms with Crippen molar-refractivity contribution >= 4 is 32.8 Å². The van der Waals surface area contributed by atoms with E-state index in [9.17, 15) is 18.0 Å². The number of aliphatic carboxylic acids is 1. The molecule has 122 valence electrons. The first-order chi connectivity index (χ1) is 10.7. The Bertz CT molecular complexity index is 879. The highest BCUT2D eigenvalue weighted by Gasteiger charge is 2.28. The molecule has 0 radical (unpaired) electrons. The number of primary amides is 1. The summed E-state index contributed by atoms with van der Waals surface area (Å²) in [5.41, 5.74) is 5.84. The minimum Gasteiger partial charge on any atom is -0.480 e. The number of aromatic nitrogens is 1. The summed E-state index contributed by atoms with van der Waals surface area (Å²) < 4.78 is 27.0. The molecule has 0 unspecified atom stereocenters. The summed E-state index contributed by atoms with van der Waals surface area (Å²) in [5, 5.41) is 9.66. The molecule has 8 nitrogen and oxygen atoms in total. The van der Waals surface area contributed by atoms with Gasteiger partial charge in [0.1, 0.15) is 10.9 Å². The lowest BCUT2D eigenvalue weighted by molar-refractivity contribution is -0.140. The smallest absolute Gasteiger partial charge is 0.322 e. The van der Waals surface area contributed by atoms with Crippen molar-refractivity contribution in [1.29, 1.82) is 0 Å². The van der Waals surface area contributed by atoms with Gasteiger partial charge in [-0.2, -0.15) is 4.72 Å². The number of nitrogens with zero attached hydrogens (tertiary/aromatic N) is 1. The lowest BCUT2D eigenvalue weighted by atomic mass is 10.1. The Morgan fingerprint density at radius 3 is 2.70 bits per heavy atom. The fraction of sp³-hybridized carbons (Fsp3) is 0.214. The molecule has 1 aromatic heterocycles. The molecule has 0 saturated heterocycles. The van der Waals surface area contributed by atoms with Gasteiger partial charge >= 0.3 is 5.97 Å². The molecule has 9 heteroatoms. The zero-order chi connectivity index (χ0) is 17.2. The fourth-order valence-corrected chi connectivity index (χ4v) is 3.59. The van der Waals surface area contributed by atoms with Crippen LogP contribution in [-0.2, 0) is 19.6 Å². The second kappa shape index (κ2) is 6.31. The normalized spacial score (nSPS) is 12.9. The molecule has 2 aromatic rings. The maximum atomic E-state index is 12.5. The summed E-state index contributed by atoms with van der Waals surface area (Å²) in [4.78, 5) is 25.9. The third-order valence-corrected chi connectivity index (χ3v) is 4.59. The number of hydrogen-bond acceptors (Lipinski definition) is 5. The minimum atomic E-state index is -4.20. The highest BCUT2D eigenvalue weighted by atomic mass is 32.2. The summed E-state index contributed by atoms with van der Waals surface area (Å²) in [6, 6.07) is 4.88. The molecule has 0 saturated carbocycles. The highest BCUT2D eigenvalue weighted by Crippen LogP contribution is 2.23. The van der Waals surface area contributed by atoms with E-state index in [1.807, 2.05) is 4.72 Å². The van der Waals surface area contributed by atoms with Gasteiger partial charge in [0.05, 0.1) is 11.9 Å². The number of amides is 1. The third kappa shape index (κ3) is 3.82. The van der Waals surface area contributed by atoms with Gasteiger partial charge in [0.15, 0.2) is 0 Å². The Morgan fingerprint density at radius 2 is 2.09 bits per heavy atom. The maximum absolute atomic E-state index is 12.5. The van der Waals surface area contributed by atoms with Crippen LogP contribution >= 0.6 is 0 Å². The fourth-order valence-electron chi connectivity index (χ4n) is 2.14. The minimum absolute atomic E-state index is 0.149. The van der Waals surface area contributed by atoms with E-state index < -0.39 is 34.4 Å². The number of fused-ring (bicyclic) bond motifs is 1. The first-order valence-electron chi connectivity index (χ1n) is 6.59. The number of aryl methyl sites for hydroxylation is 1. The molecule has 1 amide bonds. The van der Waals surface area contributed by atoms with Crippen LogP contribution in [0.5, 0.6) is 0 Å².